The summed E-state index contributed by atoms with van der Waals surface area (Å²) in [6, 6.07) is 10.1. The van der Waals surface area contributed by atoms with Gasteiger partial charge < -0.3 is 20.1 Å². The third kappa shape index (κ3) is 4.17. The molecule has 6 nitrogen and oxygen atoms in total. The Morgan fingerprint density at radius 3 is 2.57 bits per heavy atom. The van der Waals surface area contributed by atoms with E-state index >= 15 is 0 Å². The number of carbonyl (C=O) groups is 2. The minimum Gasteiger partial charge on any atom is -0.481 e. The molecule has 2 saturated heterocycles. The second kappa shape index (κ2) is 8.11. The van der Waals surface area contributed by atoms with Gasteiger partial charge in [-0.25, -0.2) is 4.79 Å². The van der Waals surface area contributed by atoms with E-state index in [0.717, 1.165) is 38.2 Å². The first kappa shape index (κ1) is 19.2. The van der Waals surface area contributed by atoms with Crippen LogP contribution in [-0.2, 0) is 16.0 Å². The molecular weight excluding hydrogens is 356 g/mol. The van der Waals surface area contributed by atoms with Gasteiger partial charge >= 0.3 is 12.0 Å². The van der Waals surface area contributed by atoms with Crippen LogP contribution in [0, 0.1) is 11.3 Å². The van der Waals surface area contributed by atoms with Crippen molar-refractivity contribution in [2.45, 2.75) is 57.0 Å². The van der Waals surface area contributed by atoms with Gasteiger partial charge in [0.25, 0.3) is 0 Å². The summed E-state index contributed by atoms with van der Waals surface area (Å²) in [7, 11) is 0. The van der Waals surface area contributed by atoms with Gasteiger partial charge in [0.05, 0.1) is 0 Å². The summed E-state index contributed by atoms with van der Waals surface area (Å²) in [5.41, 5.74) is 1.36. The smallest absolute Gasteiger partial charge is 0.317 e. The van der Waals surface area contributed by atoms with Gasteiger partial charge in [-0.05, 0) is 50.0 Å². The third-order valence-corrected chi connectivity index (χ3v) is 6.63. The van der Waals surface area contributed by atoms with Gasteiger partial charge in [-0.2, -0.15) is 0 Å². The van der Waals surface area contributed by atoms with E-state index in [-0.39, 0.29) is 23.9 Å². The number of rotatable bonds is 7. The Hall–Kier alpha value is -2.08. The van der Waals surface area contributed by atoms with Crippen molar-refractivity contribution >= 4 is 12.0 Å². The number of benzene rings is 1. The van der Waals surface area contributed by atoms with Crippen LogP contribution in [0.1, 0.15) is 44.1 Å². The summed E-state index contributed by atoms with van der Waals surface area (Å²) in [6.07, 6.45) is 5.67. The fourth-order valence-electron chi connectivity index (χ4n) is 5.02. The highest BCUT2D eigenvalue weighted by atomic mass is 16.5. The monoisotopic (exact) mass is 386 g/mol. The van der Waals surface area contributed by atoms with Crippen molar-refractivity contribution in [3.8, 4) is 0 Å². The Labute approximate surface area is 166 Å². The molecule has 0 radical (unpaired) electrons. The SMILES string of the molecule is O=C(O)CCC(Cc1ccccc1)NC(=O)N1CC2(CCOCC2)C1C1CC1. The molecule has 2 amide bonds. The van der Waals surface area contributed by atoms with E-state index in [4.69, 9.17) is 9.84 Å². The van der Waals surface area contributed by atoms with Crippen LogP contribution in [0.2, 0.25) is 0 Å². The maximum absolute atomic E-state index is 13.1. The first-order chi connectivity index (χ1) is 13.6. The Bertz CT molecular complexity index is 698. The lowest BCUT2D eigenvalue weighted by atomic mass is 9.64. The van der Waals surface area contributed by atoms with Crippen LogP contribution in [0.3, 0.4) is 0 Å². The van der Waals surface area contributed by atoms with Gasteiger partial charge in [-0.3, -0.25) is 4.79 Å². The molecule has 2 atom stereocenters. The lowest BCUT2D eigenvalue weighted by Crippen LogP contribution is -2.70. The molecule has 4 rings (SSSR count). The average molecular weight is 386 g/mol. The number of nitrogens with zero attached hydrogens (tertiary/aromatic N) is 1. The highest BCUT2D eigenvalue weighted by Crippen LogP contribution is 2.54. The standard InChI is InChI=1S/C22H30N2O4/c25-19(26)9-8-18(14-16-4-2-1-3-5-16)23-21(27)24-15-22(10-12-28-13-11-22)20(24)17-6-7-17/h1-5,17-18,20H,6-15H2,(H,23,27)(H,25,26). The number of carboxylic acid groups (broad SMARTS) is 1. The molecule has 1 spiro atoms. The van der Waals surface area contributed by atoms with Crippen LogP contribution in [0.5, 0.6) is 0 Å². The number of urea groups is 1. The van der Waals surface area contributed by atoms with Crippen molar-refractivity contribution in [2.75, 3.05) is 19.8 Å². The van der Waals surface area contributed by atoms with Crippen LogP contribution in [-0.4, -0.2) is 53.8 Å². The maximum Gasteiger partial charge on any atom is 0.317 e. The molecule has 3 fully saturated rings. The number of aliphatic carboxylic acids is 1. The van der Waals surface area contributed by atoms with Crippen molar-refractivity contribution in [1.82, 2.24) is 10.2 Å². The number of nitrogens with one attached hydrogen (secondary N) is 1. The van der Waals surface area contributed by atoms with Crippen molar-refractivity contribution in [2.24, 2.45) is 11.3 Å². The molecule has 0 bridgehead atoms. The quantitative estimate of drug-likeness (QED) is 0.755. The molecule has 152 valence electrons. The van der Waals surface area contributed by atoms with Crippen molar-refractivity contribution in [3.63, 3.8) is 0 Å². The van der Waals surface area contributed by atoms with E-state index < -0.39 is 5.97 Å². The molecule has 2 unspecified atom stereocenters. The maximum atomic E-state index is 13.1. The number of hydrogen-bond donors (Lipinski definition) is 2. The number of ether oxygens (including phenoxy) is 1. The van der Waals surface area contributed by atoms with Gasteiger partial charge in [-0.1, -0.05) is 30.3 Å². The molecular formula is C22H30N2O4. The summed E-state index contributed by atoms with van der Waals surface area (Å²) in [5, 5.41) is 12.2. The minimum atomic E-state index is -0.826. The molecule has 1 aromatic rings. The van der Waals surface area contributed by atoms with Gasteiger partial charge in [0.2, 0.25) is 0 Å². The molecule has 3 aliphatic rings. The Morgan fingerprint density at radius 1 is 1.21 bits per heavy atom. The second-order valence-corrected chi connectivity index (χ2v) is 8.65. The molecule has 1 saturated carbocycles. The number of likely N-dealkylation sites (tertiary alicyclic amines) is 1. The number of carbonyl (C=O) groups excluding carboxylic acids is 1. The fraction of sp³-hybridized carbons (Fsp3) is 0.636. The van der Waals surface area contributed by atoms with Crippen molar-refractivity contribution in [1.29, 1.82) is 0 Å². The summed E-state index contributed by atoms with van der Waals surface area (Å²) in [5.74, 6) is -0.197. The van der Waals surface area contributed by atoms with E-state index in [0.29, 0.717) is 24.8 Å². The van der Waals surface area contributed by atoms with E-state index in [1.807, 2.05) is 35.2 Å². The predicted octanol–water partition coefficient (Wildman–Crippen LogP) is 3.06. The molecule has 1 aromatic carbocycles. The summed E-state index contributed by atoms with van der Waals surface area (Å²) in [4.78, 5) is 26.2. The van der Waals surface area contributed by atoms with Crippen molar-refractivity contribution in [3.05, 3.63) is 35.9 Å². The molecule has 2 aliphatic heterocycles. The number of carboxylic acids is 1. The lowest BCUT2D eigenvalue weighted by molar-refractivity contribution is -0.137. The molecule has 2 N–H and O–H groups in total. The molecule has 6 heteroatoms. The fourth-order valence-corrected chi connectivity index (χ4v) is 5.02. The Morgan fingerprint density at radius 2 is 1.93 bits per heavy atom. The third-order valence-electron chi connectivity index (χ3n) is 6.63. The normalized spacial score (nSPS) is 24.4. The number of hydrogen-bond acceptors (Lipinski definition) is 3. The summed E-state index contributed by atoms with van der Waals surface area (Å²) >= 11 is 0. The largest absolute Gasteiger partial charge is 0.481 e. The highest BCUT2D eigenvalue weighted by Gasteiger charge is 2.59. The highest BCUT2D eigenvalue weighted by molar-refractivity contribution is 5.76. The molecule has 28 heavy (non-hydrogen) atoms. The van der Waals surface area contributed by atoms with Crippen LogP contribution >= 0.6 is 0 Å². The van der Waals surface area contributed by atoms with Crippen LogP contribution in [0.25, 0.3) is 0 Å². The van der Waals surface area contributed by atoms with Gasteiger partial charge in [0.1, 0.15) is 0 Å². The minimum absolute atomic E-state index is 0.0275. The Kier molecular flexibility index (Phi) is 5.58. The zero-order valence-electron chi connectivity index (χ0n) is 16.3. The lowest BCUT2D eigenvalue weighted by Gasteiger charge is -2.59. The molecule has 1 aliphatic carbocycles. The van der Waals surface area contributed by atoms with E-state index in [9.17, 15) is 9.59 Å². The first-order valence-corrected chi connectivity index (χ1v) is 10.5. The zero-order chi connectivity index (χ0) is 19.6. The average Bonchev–Trinajstić information content (AvgIpc) is 3.50. The van der Waals surface area contributed by atoms with Gasteiger partial charge in [0, 0.05) is 43.7 Å². The zero-order valence-corrected chi connectivity index (χ0v) is 16.3. The Balaban J connectivity index is 1.41. The molecule has 2 heterocycles. The topological polar surface area (TPSA) is 78.9 Å². The van der Waals surface area contributed by atoms with E-state index in [1.54, 1.807) is 0 Å². The van der Waals surface area contributed by atoms with Crippen molar-refractivity contribution < 1.29 is 19.4 Å². The van der Waals surface area contributed by atoms with Gasteiger partial charge in [-0.15, -0.1) is 0 Å². The van der Waals surface area contributed by atoms with Crippen LogP contribution in [0.4, 0.5) is 4.79 Å². The van der Waals surface area contributed by atoms with E-state index in [1.165, 1.54) is 12.8 Å². The van der Waals surface area contributed by atoms with Crippen LogP contribution < -0.4 is 5.32 Å². The van der Waals surface area contributed by atoms with E-state index in [2.05, 4.69) is 5.32 Å². The summed E-state index contributed by atoms with van der Waals surface area (Å²) in [6.45, 7) is 2.40. The second-order valence-electron chi connectivity index (χ2n) is 8.65. The summed E-state index contributed by atoms with van der Waals surface area (Å²) < 4.78 is 5.56. The van der Waals surface area contributed by atoms with Crippen LogP contribution in [0.15, 0.2) is 30.3 Å². The van der Waals surface area contributed by atoms with Gasteiger partial charge in [0.15, 0.2) is 0 Å². The molecule has 0 aromatic heterocycles. The predicted molar refractivity (Wildman–Crippen MR) is 105 cm³/mol. The first-order valence-electron chi connectivity index (χ1n) is 10.5. The number of amides is 2.